The fourth-order valence-electron chi connectivity index (χ4n) is 2.30. The maximum atomic E-state index is 12.4. The van der Waals surface area contributed by atoms with Gasteiger partial charge < -0.3 is 19.5 Å². The lowest BCUT2D eigenvalue weighted by Crippen LogP contribution is -2.34. The van der Waals surface area contributed by atoms with Crippen LogP contribution in [0.3, 0.4) is 0 Å². The normalized spacial score (nSPS) is 10.2. The first-order valence-electron chi connectivity index (χ1n) is 9.25. The van der Waals surface area contributed by atoms with E-state index in [1.165, 1.54) is 0 Å². The minimum absolute atomic E-state index is 0.137. The van der Waals surface area contributed by atoms with Gasteiger partial charge >= 0.3 is 5.97 Å². The minimum atomic E-state index is -0.375. The van der Waals surface area contributed by atoms with E-state index in [0.717, 1.165) is 6.42 Å². The van der Waals surface area contributed by atoms with Crippen molar-refractivity contribution in [3.63, 3.8) is 0 Å². The van der Waals surface area contributed by atoms with Crippen molar-refractivity contribution in [2.24, 2.45) is 0 Å². The van der Waals surface area contributed by atoms with Gasteiger partial charge in [-0.1, -0.05) is 6.92 Å². The number of rotatable bonds is 9. The molecule has 30 heavy (non-hydrogen) atoms. The average Bonchev–Trinajstić information content (AvgIpc) is 2.73. The summed E-state index contributed by atoms with van der Waals surface area (Å²) in [5.74, 6) is -0.127. The van der Waals surface area contributed by atoms with E-state index in [1.54, 1.807) is 49.6 Å². The van der Waals surface area contributed by atoms with Crippen molar-refractivity contribution in [1.82, 2.24) is 5.32 Å². The number of carbonyl (C=O) groups excluding carboxylic acids is 2. The van der Waals surface area contributed by atoms with Gasteiger partial charge in [-0.2, -0.15) is 0 Å². The van der Waals surface area contributed by atoms with E-state index in [9.17, 15) is 9.59 Å². The van der Waals surface area contributed by atoms with Gasteiger partial charge in [-0.3, -0.25) is 10.1 Å². The van der Waals surface area contributed by atoms with Crippen molar-refractivity contribution in [2.45, 2.75) is 13.3 Å². The quantitative estimate of drug-likeness (QED) is 0.307. The second kappa shape index (κ2) is 12.3. The Hall–Kier alpha value is -2.49. The molecular formula is C21H23BrN2O5S. The number of methoxy groups -OCH3 is 1. The third kappa shape index (κ3) is 7.40. The Balaban J connectivity index is 1.90. The fraction of sp³-hybridized carbons (Fsp3) is 0.286. The molecule has 2 aromatic rings. The van der Waals surface area contributed by atoms with Crippen LogP contribution in [0.15, 0.2) is 46.9 Å². The molecule has 160 valence electrons. The van der Waals surface area contributed by atoms with Crippen LogP contribution in [0.2, 0.25) is 0 Å². The highest BCUT2D eigenvalue weighted by atomic mass is 79.9. The molecule has 0 aliphatic carbocycles. The van der Waals surface area contributed by atoms with Gasteiger partial charge in [-0.05, 0) is 77.0 Å². The minimum Gasteiger partial charge on any atom is -0.490 e. The zero-order valence-electron chi connectivity index (χ0n) is 16.7. The number of ether oxygens (including phenoxy) is 3. The molecule has 7 nitrogen and oxygen atoms in total. The zero-order chi connectivity index (χ0) is 21.9. The van der Waals surface area contributed by atoms with Crippen LogP contribution in [0.4, 0.5) is 5.69 Å². The summed E-state index contributed by atoms with van der Waals surface area (Å²) in [6.45, 7) is 3.18. The smallest absolute Gasteiger partial charge is 0.338 e. The Bertz CT molecular complexity index is 889. The van der Waals surface area contributed by atoms with Crippen LogP contribution in [-0.2, 0) is 9.47 Å². The molecule has 2 aromatic carbocycles. The summed E-state index contributed by atoms with van der Waals surface area (Å²) in [6, 6.07) is 11.6. The molecule has 0 aromatic heterocycles. The highest BCUT2D eigenvalue weighted by Gasteiger charge is 2.12. The Morgan fingerprint density at radius 2 is 1.73 bits per heavy atom. The number of thiocarbonyl (C=S) groups is 1. The highest BCUT2D eigenvalue weighted by molar-refractivity contribution is 9.10. The first-order chi connectivity index (χ1) is 14.4. The average molecular weight is 495 g/mol. The number of nitrogens with one attached hydrogen (secondary N) is 2. The summed E-state index contributed by atoms with van der Waals surface area (Å²) < 4.78 is 16.2. The lowest BCUT2D eigenvalue weighted by molar-refractivity contribution is 0.0505. The van der Waals surface area contributed by atoms with Crippen LogP contribution >= 0.6 is 28.1 Å². The van der Waals surface area contributed by atoms with E-state index < -0.39 is 0 Å². The number of halogens is 1. The maximum Gasteiger partial charge on any atom is 0.338 e. The summed E-state index contributed by atoms with van der Waals surface area (Å²) in [4.78, 5) is 24.3. The highest BCUT2D eigenvalue weighted by Crippen LogP contribution is 2.26. The standard InChI is InChI=1S/C21H23BrN2O5S/c1-3-10-29-20(26)14-4-7-16(8-5-14)23-21(30)24-19(25)15-6-9-18(17(22)13-15)28-12-11-27-2/h4-9,13H,3,10-12H2,1-2H3,(H2,23,24,25,30). The van der Waals surface area contributed by atoms with Crippen molar-refractivity contribution >= 4 is 50.8 Å². The number of esters is 1. The summed E-state index contributed by atoms with van der Waals surface area (Å²) in [7, 11) is 1.60. The Labute approximate surface area is 189 Å². The van der Waals surface area contributed by atoms with Gasteiger partial charge in [0.1, 0.15) is 12.4 Å². The first kappa shape index (κ1) is 23.8. The van der Waals surface area contributed by atoms with Gasteiger partial charge in [0.05, 0.1) is 23.2 Å². The van der Waals surface area contributed by atoms with E-state index in [0.29, 0.717) is 46.9 Å². The third-order valence-corrected chi connectivity index (χ3v) is 4.61. The van der Waals surface area contributed by atoms with E-state index in [-0.39, 0.29) is 17.0 Å². The Kier molecular flexibility index (Phi) is 9.72. The lowest BCUT2D eigenvalue weighted by atomic mass is 10.2. The second-order valence-corrected chi connectivity index (χ2v) is 7.37. The first-order valence-corrected chi connectivity index (χ1v) is 10.5. The molecule has 1 amide bonds. The molecule has 2 N–H and O–H groups in total. The maximum absolute atomic E-state index is 12.4. The van der Waals surface area contributed by atoms with E-state index in [2.05, 4.69) is 26.6 Å². The number of amides is 1. The summed E-state index contributed by atoms with van der Waals surface area (Å²) in [5.41, 5.74) is 1.50. The second-order valence-electron chi connectivity index (χ2n) is 6.11. The summed E-state index contributed by atoms with van der Waals surface area (Å²) >= 11 is 8.59. The topological polar surface area (TPSA) is 85.9 Å². The molecule has 0 saturated carbocycles. The van der Waals surface area contributed by atoms with E-state index in [4.69, 9.17) is 26.4 Å². The van der Waals surface area contributed by atoms with E-state index in [1.807, 2.05) is 6.92 Å². The molecule has 0 aliphatic rings. The van der Waals surface area contributed by atoms with Crippen molar-refractivity contribution in [3.05, 3.63) is 58.1 Å². The predicted octanol–water partition coefficient (Wildman–Crippen LogP) is 4.17. The van der Waals surface area contributed by atoms with Gasteiger partial charge in [-0.15, -0.1) is 0 Å². The molecule has 9 heteroatoms. The molecule has 0 radical (unpaired) electrons. The molecular weight excluding hydrogens is 472 g/mol. The number of hydrogen-bond acceptors (Lipinski definition) is 6. The van der Waals surface area contributed by atoms with Gasteiger partial charge in [-0.25, -0.2) is 4.79 Å². The summed E-state index contributed by atoms with van der Waals surface area (Å²) in [6.07, 6.45) is 0.763. The van der Waals surface area contributed by atoms with Crippen molar-refractivity contribution in [3.8, 4) is 5.75 Å². The van der Waals surface area contributed by atoms with Crippen LogP contribution in [0.5, 0.6) is 5.75 Å². The molecule has 0 saturated heterocycles. The molecule has 2 rings (SSSR count). The Morgan fingerprint density at radius 3 is 2.37 bits per heavy atom. The summed E-state index contributed by atoms with van der Waals surface area (Å²) in [5, 5.41) is 5.66. The lowest BCUT2D eigenvalue weighted by Gasteiger charge is -2.12. The third-order valence-electron chi connectivity index (χ3n) is 3.78. The Morgan fingerprint density at radius 1 is 1.03 bits per heavy atom. The van der Waals surface area contributed by atoms with Crippen LogP contribution in [0, 0.1) is 0 Å². The molecule has 0 heterocycles. The largest absolute Gasteiger partial charge is 0.490 e. The predicted molar refractivity (Wildman–Crippen MR) is 122 cm³/mol. The van der Waals surface area contributed by atoms with Crippen LogP contribution in [-0.4, -0.2) is 43.9 Å². The molecule has 0 aliphatic heterocycles. The van der Waals surface area contributed by atoms with Crippen molar-refractivity contribution < 1.29 is 23.8 Å². The number of carbonyl (C=O) groups is 2. The number of hydrogen-bond donors (Lipinski definition) is 2. The van der Waals surface area contributed by atoms with Crippen LogP contribution in [0.25, 0.3) is 0 Å². The SMILES string of the molecule is CCCOC(=O)c1ccc(NC(=S)NC(=O)c2ccc(OCCOC)c(Br)c2)cc1. The molecule has 0 atom stereocenters. The van der Waals surface area contributed by atoms with Crippen LogP contribution < -0.4 is 15.4 Å². The fourth-order valence-corrected chi connectivity index (χ4v) is 3.00. The molecule has 0 unspecified atom stereocenters. The molecule has 0 bridgehead atoms. The van der Waals surface area contributed by atoms with Gasteiger partial charge in [0.2, 0.25) is 0 Å². The number of benzene rings is 2. The van der Waals surface area contributed by atoms with E-state index >= 15 is 0 Å². The molecule has 0 spiro atoms. The van der Waals surface area contributed by atoms with Gasteiger partial charge in [0.25, 0.3) is 5.91 Å². The number of anilines is 1. The van der Waals surface area contributed by atoms with Crippen molar-refractivity contribution in [2.75, 3.05) is 32.2 Å². The van der Waals surface area contributed by atoms with Crippen LogP contribution in [0.1, 0.15) is 34.1 Å². The van der Waals surface area contributed by atoms with Gasteiger partial charge in [0.15, 0.2) is 5.11 Å². The zero-order valence-corrected chi connectivity index (χ0v) is 19.1. The van der Waals surface area contributed by atoms with Crippen molar-refractivity contribution in [1.29, 1.82) is 0 Å². The molecule has 0 fully saturated rings. The monoisotopic (exact) mass is 494 g/mol. The van der Waals surface area contributed by atoms with Gasteiger partial charge in [0, 0.05) is 18.4 Å².